The van der Waals surface area contributed by atoms with Gasteiger partial charge in [-0.15, -0.1) is 11.3 Å². The van der Waals surface area contributed by atoms with Crippen LogP contribution in [-0.4, -0.2) is 38.8 Å². The van der Waals surface area contributed by atoms with Gasteiger partial charge in [0.05, 0.1) is 11.9 Å². The average molecular weight is 331 g/mol. The highest BCUT2D eigenvalue weighted by Gasteiger charge is 2.27. The molecule has 0 unspecified atom stereocenters. The van der Waals surface area contributed by atoms with Crippen molar-refractivity contribution in [1.82, 2.24) is 19.9 Å². The lowest BCUT2D eigenvalue weighted by atomic mass is 9.94. The maximum atomic E-state index is 12.2. The Morgan fingerprint density at radius 3 is 3.04 bits per heavy atom. The van der Waals surface area contributed by atoms with Crippen LogP contribution in [0.2, 0.25) is 0 Å². The molecule has 1 amide bonds. The summed E-state index contributed by atoms with van der Waals surface area (Å²) in [4.78, 5) is 27.1. The first kappa shape index (κ1) is 15.9. The number of anilines is 2. The number of amides is 1. The Morgan fingerprint density at radius 2 is 2.30 bits per heavy atom. The monoisotopic (exact) mass is 331 g/mol. The Hall–Kier alpha value is -2.02. The summed E-state index contributed by atoms with van der Waals surface area (Å²) in [5.41, 5.74) is 1.06. The molecule has 1 fully saturated rings. The smallest absolute Gasteiger partial charge is 0.225 e. The summed E-state index contributed by atoms with van der Waals surface area (Å²) in [7, 11) is 0. The van der Waals surface area contributed by atoms with Crippen LogP contribution in [0.4, 0.5) is 10.9 Å². The van der Waals surface area contributed by atoms with E-state index >= 15 is 0 Å². The van der Waals surface area contributed by atoms with Gasteiger partial charge >= 0.3 is 0 Å². The average Bonchev–Trinajstić information content (AvgIpc) is 3.03. The van der Waals surface area contributed by atoms with Crippen molar-refractivity contribution in [2.24, 2.45) is 5.92 Å². The normalized spacial score (nSPS) is 18.2. The Labute approximate surface area is 140 Å². The van der Waals surface area contributed by atoms with Crippen LogP contribution in [0.1, 0.15) is 38.3 Å². The minimum atomic E-state index is 0.0538. The van der Waals surface area contributed by atoms with Crippen LogP contribution < -0.4 is 5.32 Å². The summed E-state index contributed by atoms with van der Waals surface area (Å²) in [5, 5.41) is 6.06. The van der Waals surface area contributed by atoms with Crippen LogP contribution in [0.25, 0.3) is 0 Å². The summed E-state index contributed by atoms with van der Waals surface area (Å²) < 4.78 is 0. The summed E-state index contributed by atoms with van der Waals surface area (Å²) in [6, 6.07) is 0. The van der Waals surface area contributed by atoms with Gasteiger partial charge in [0.15, 0.2) is 10.9 Å². The molecule has 1 saturated heterocycles. The minimum absolute atomic E-state index is 0.0538. The van der Waals surface area contributed by atoms with Gasteiger partial charge in [-0.25, -0.2) is 9.97 Å². The first-order valence-corrected chi connectivity index (χ1v) is 8.78. The number of nitrogens with zero attached hydrogens (tertiary/aromatic N) is 4. The van der Waals surface area contributed by atoms with E-state index in [4.69, 9.17) is 0 Å². The molecule has 1 aliphatic rings. The molecule has 0 aliphatic carbocycles. The lowest BCUT2D eigenvalue weighted by Gasteiger charge is -2.33. The van der Waals surface area contributed by atoms with Crippen molar-refractivity contribution in [2.45, 2.75) is 32.6 Å². The SMILES string of the molecule is CC(C)C(=O)N1CCC[C@@H](c2csc(Nc3cnccn3)n2)C1. The van der Waals surface area contributed by atoms with Gasteiger partial charge in [-0.3, -0.25) is 9.78 Å². The number of likely N-dealkylation sites (tertiary alicyclic amines) is 1. The van der Waals surface area contributed by atoms with Crippen LogP contribution in [0, 0.1) is 5.92 Å². The van der Waals surface area contributed by atoms with E-state index in [0.717, 1.165) is 36.8 Å². The predicted octanol–water partition coefficient (Wildman–Crippen LogP) is 3.04. The summed E-state index contributed by atoms with van der Waals surface area (Å²) in [5.74, 6) is 1.30. The van der Waals surface area contributed by atoms with Crippen molar-refractivity contribution in [3.05, 3.63) is 29.7 Å². The largest absolute Gasteiger partial charge is 0.342 e. The molecular formula is C16H21N5OS. The van der Waals surface area contributed by atoms with Gasteiger partial charge in [0.25, 0.3) is 0 Å². The van der Waals surface area contributed by atoms with E-state index in [2.05, 4.69) is 25.6 Å². The Kier molecular flexibility index (Phi) is 4.85. The van der Waals surface area contributed by atoms with Gasteiger partial charge in [0.1, 0.15) is 0 Å². The summed E-state index contributed by atoms with van der Waals surface area (Å²) >= 11 is 1.56. The molecule has 3 heterocycles. The van der Waals surface area contributed by atoms with Gasteiger partial charge in [0, 0.05) is 42.7 Å². The van der Waals surface area contributed by atoms with Crippen LogP contribution in [0.3, 0.4) is 0 Å². The highest BCUT2D eigenvalue weighted by molar-refractivity contribution is 7.13. The second-order valence-electron chi connectivity index (χ2n) is 6.07. The number of thiazole rings is 1. The fraction of sp³-hybridized carbons (Fsp3) is 0.500. The van der Waals surface area contributed by atoms with E-state index in [-0.39, 0.29) is 11.8 Å². The summed E-state index contributed by atoms with van der Waals surface area (Å²) in [6.07, 6.45) is 7.07. The van der Waals surface area contributed by atoms with E-state index < -0.39 is 0 Å². The highest BCUT2D eigenvalue weighted by atomic mass is 32.1. The Morgan fingerprint density at radius 1 is 1.43 bits per heavy atom. The third kappa shape index (κ3) is 3.85. The Bertz CT molecular complexity index is 658. The zero-order valence-electron chi connectivity index (χ0n) is 13.4. The van der Waals surface area contributed by atoms with Gasteiger partial charge in [-0.1, -0.05) is 13.8 Å². The molecule has 0 bridgehead atoms. The van der Waals surface area contributed by atoms with Crippen molar-refractivity contribution >= 4 is 28.2 Å². The van der Waals surface area contributed by atoms with Gasteiger partial charge in [0.2, 0.25) is 5.91 Å². The molecule has 0 saturated carbocycles. The van der Waals surface area contributed by atoms with Crippen molar-refractivity contribution in [2.75, 3.05) is 18.4 Å². The van der Waals surface area contributed by atoms with Gasteiger partial charge < -0.3 is 10.2 Å². The second-order valence-corrected chi connectivity index (χ2v) is 6.93. The van der Waals surface area contributed by atoms with Crippen LogP contribution in [0.15, 0.2) is 24.0 Å². The van der Waals surface area contributed by atoms with E-state index in [0.29, 0.717) is 11.7 Å². The van der Waals surface area contributed by atoms with E-state index in [1.54, 1.807) is 29.9 Å². The number of hydrogen-bond donors (Lipinski definition) is 1. The molecule has 23 heavy (non-hydrogen) atoms. The molecule has 1 atom stereocenters. The highest BCUT2D eigenvalue weighted by Crippen LogP contribution is 2.30. The maximum Gasteiger partial charge on any atom is 0.225 e. The van der Waals surface area contributed by atoms with Crippen molar-refractivity contribution in [3.63, 3.8) is 0 Å². The molecule has 7 heteroatoms. The standard InChI is InChI=1S/C16H21N5OS/c1-11(2)15(22)21-7-3-4-12(9-21)13-10-23-16(19-13)20-14-8-17-5-6-18-14/h5-6,8,10-12H,3-4,7,9H2,1-2H3,(H,18,19,20)/t12-/m1/s1. The van der Waals surface area contributed by atoms with Crippen molar-refractivity contribution < 1.29 is 4.79 Å². The quantitative estimate of drug-likeness (QED) is 0.932. The first-order valence-electron chi connectivity index (χ1n) is 7.90. The number of carbonyl (C=O) groups excluding carboxylic acids is 1. The van der Waals surface area contributed by atoms with Gasteiger partial charge in [-0.05, 0) is 12.8 Å². The third-order valence-electron chi connectivity index (χ3n) is 3.97. The first-order chi connectivity index (χ1) is 11.1. The fourth-order valence-electron chi connectivity index (χ4n) is 2.79. The zero-order chi connectivity index (χ0) is 16.2. The molecule has 1 N–H and O–H groups in total. The topological polar surface area (TPSA) is 71.0 Å². The number of piperidine rings is 1. The molecular weight excluding hydrogens is 310 g/mol. The number of nitrogens with one attached hydrogen (secondary N) is 1. The fourth-order valence-corrected chi connectivity index (χ4v) is 3.59. The molecule has 2 aromatic heterocycles. The van der Waals surface area contributed by atoms with Crippen LogP contribution in [0.5, 0.6) is 0 Å². The summed E-state index contributed by atoms with van der Waals surface area (Å²) in [6.45, 7) is 5.54. The van der Waals surface area contributed by atoms with Crippen molar-refractivity contribution in [1.29, 1.82) is 0 Å². The predicted molar refractivity (Wildman–Crippen MR) is 90.8 cm³/mol. The third-order valence-corrected chi connectivity index (χ3v) is 4.74. The molecule has 0 spiro atoms. The molecule has 3 rings (SSSR count). The molecule has 6 nitrogen and oxygen atoms in total. The lowest BCUT2D eigenvalue weighted by Crippen LogP contribution is -2.41. The van der Waals surface area contributed by atoms with Crippen LogP contribution in [-0.2, 0) is 4.79 Å². The molecule has 122 valence electrons. The number of hydrogen-bond acceptors (Lipinski definition) is 6. The number of rotatable bonds is 4. The van der Waals surface area contributed by atoms with Crippen LogP contribution >= 0.6 is 11.3 Å². The number of aromatic nitrogens is 3. The molecule has 2 aromatic rings. The lowest BCUT2D eigenvalue weighted by molar-refractivity contribution is -0.135. The van der Waals surface area contributed by atoms with E-state index in [1.165, 1.54) is 0 Å². The van der Waals surface area contributed by atoms with Crippen molar-refractivity contribution in [3.8, 4) is 0 Å². The molecule has 0 aromatic carbocycles. The zero-order valence-corrected chi connectivity index (χ0v) is 14.2. The minimum Gasteiger partial charge on any atom is -0.342 e. The Balaban J connectivity index is 1.66. The molecule has 1 aliphatic heterocycles. The molecule has 0 radical (unpaired) electrons. The second kappa shape index (κ2) is 7.04. The maximum absolute atomic E-state index is 12.2. The van der Waals surface area contributed by atoms with E-state index in [9.17, 15) is 4.79 Å². The number of carbonyl (C=O) groups is 1. The van der Waals surface area contributed by atoms with Gasteiger partial charge in [-0.2, -0.15) is 0 Å². The van der Waals surface area contributed by atoms with E-state index in [1.807, 2.05) is 18.7 Å².